The summed E-state index contributed by atoms with van der Waals surface area (Å²) in [6.45, 7) is 1.82. The number of hydrogen-bond donors (Lipinski definition) is 1. The van der Waals surface area contributed by atoms with E-state index in [1.807, 2.05) is 6.92 Å². The number of hydrogen-bond acceptors (Lipinski definition) is 2. The number of anilines is 1. The van der Waals surface area contributed by atoms with Gasteiger partial charge in [-0.15, -0.1) is 11.8 Å². The highest BCUT2D eigenvalue weighted by Crippen LogP contribution is 2.33. The Morgan fingerprint density at radius 3 is 2.67 bits per heavy atom. The Balaban J connectivity index is 2.03. The summed E-state index contributed by atoms with van der Waals surface area (Å²) in [5.41, 5.74) is 1.20. The molecule has 6 heteroatoms. The second kappa shape index (κ2) is 7.16. The van der Waals surface area contributed by atoms with Crippen molar-refractivity contribution in [3.8, 4) is 0 Å². The van der Waals surface area contributed by atoms with Crippen LogP contribution in [0.15, 0.2) is 41.3 Å². The van der Waals surface area contributed by atoms with Crippen LogP contribution in [0, 0.1) is 12.7 Å². The van der Waals surface area contributed by atoms with Crippen LogP contribution in [0.25, 0.3) is 0 Å². The summed E-state index contributed by atoms with van der Waals surface area (Å²) in [5.74, 6) is -0.568. The van der Waals surface area contributed by atoms with Crippen LogP contribution in [0.4, 0.5) is 10.1 Å². The van der Waals surface area contributed by atoms with Crippen molar-refractivity contribution in [1.82, 2.24) is 0 Å². The molecule has 0 aromatic heterocycles. The van der Waals surface area contributed by atoms with E-state index in [1.54, 1.807) is 30.3 Å². The predicted octanol–water partition coefficient (Wildman–Crippen LogP) is 5.17. The van der Waals surface area contributed by atoms with Gasteiger partial charge < -0.3 is 5.32 Å². The minimum absolute atomic E-state index is 0.0710. The Morgan fingerprint density at radius 1 is 1.24 bits per heavy atom. The van der Waals surface area contributed by atoms with Gasteiger partial charge in [0.05, 0.1) is 21.5 Å². The van der Waals surface area contributed by atoms with Gasteiger partial charge in [0.15, 0.2) is 0 Å². The smallest absolute Gasteiger partial charge is 0.234 e. The average molecular weight is 344 g/mol. The van der Waals surface area contributed by atoms with E-state index in [9.17, 15) is 9.18 Å². The number of thioether (sulfide) groups is 1. The molecule has 0 heterocycles. The van der Waals surface area contributed by atoms with E-state index in [0.29, 0.717) is 20.6 Å². The summed E-state index contributed by atoms with van der Waals surface area (Å²) in [6.07, 6.45) is 0. The second-order valence-corrected chi connectivity index (χ2v) is 6.12. The zero-order valence-electron chi connectivity index (χ0n) is 11.1. The van der Waals surface area contributed by atoms with Crippen LogP contribution >= 0.6 is 35.0 Å². The molecule has 2 aromatic rings. The quantitative estimate of drug-likeness (QED) is 0.775. The molecule has 0 atom stereocenters. The minimum atomic E-state index is -0.345. The van der Waals surface area contributed by atoms with Crippen LogP contribution in [0.5, 0.6) is 0 Å². The SMILES string of the molecule is Cc1ccc(Cl)c(NC(=O)CSc2ccccc2F)c1Cl. The average Bonchev–Trinajstić information content (AvgIpc) is 2.47. The molecule has 1 N–H and O–H groups in total. The zero-order valence-corrected chi connectivity index (χ0v) is 13.4. The highest BCUT2D eigenvalue weighted by molar-refractivity contribution is 8.00. The lowest BCUT2D eigenvalue weighted by atomic mass is 10.2. The van der Waals surface area contributed by atoms with Crippen molar-refractivity contribution in [1.29, 1.82) is 0 Å². The molecule has 110 valence electrons. The number of halogens is 3. The zero-order chi connectivity index (χ0) is 15.4. The van der Waals surface area contributed by atoms with Gasteiger partial charge in [-0.3, -0.25) is 4.79 Å². The third-order valence-corrected chi connectivity index (χ3v) is 4.59. The summed E-state index contributed by atoms with van der Waals surface area (Å²) in [4.78, 5) is 12.4. The maximum Gasteiger partial charge on any atom is 0.234 e. The van der Waals surface area contributed by atoms with Crippen LogP contribution in [0.3, 0.4) is 0 Å². The molecule has 0 radical (unpaired) electrons. The first-order valence-corrected chi connectivity index (χ1v) is 7.85. The van der Waals surface area contributed by atoms with Crippen molar-refractivity contribution in [2.24, 2.45) is 0 Å². The number of nitrogens with one attached hydrogen (secondary N) is 1. The standard InChI is InChI=1S/C15H12Cl2FNOS/c1-9-6-7-10(16)15(14(9)17)19-13(20)8-21-12-5-3-2-4-11(12)18/h2-7H,8H2,1H3,(H,19,20). The maximum absolute atomic E-state index is 13.5. The molecule has 0 aliphatic rings. The molecular weight excluding hydrogens is 332 g/mol. The molecule has 21 heavy (non-hydrogen) atoms. The monoisotopic (exact) mass is 343 g/mol. The van der Waals surface area contributed by atoms with Crippen LogP contribution in [0.2, 0.25) is 10.0 Å². The molecular formula is C15H12Cl2FNOS. The maximum atomic E-state index is 13.5. The van der Waals surface area contributed by atoms with Crippen molar-refractivity contribution in [2.45, 2.75) is 11.8 Å². The molecule has 0 aliphatic heterocycles. The fraction of sp³-hybridized carbons (Fsp3) is 0.133. The number of rotatable bonds is 4. The lowest BCUT2D eigenvalue weighted by molar-refractivity contribution is -0.113. The Hall–Kier alpha value is -1.23. The highest BCUT2D eigenvalue weighted by atomic mass is 35.5. The Labute approximate surface area is 136 Å². The van der Waals surface area contributed by atoms with Gasteiger partial charge in [0.2, 0.25) is 5.91 Å². The molecule has 0 spiro atoms. The summed E-state index contributed by atoms with van der Waals surface area (Å²) >= 11 is 13.3. The summed E-state index contributed by atoms with van der Waals surface area (Å²) in [5, 5.41) is 3.44. The number of amides is 1. The first-order chi connectivity index (χ1) is 9.99. The number of carbonyl (C=O) groups excluding carboxylic acids is 1. The Morgan fingerprint density at radius 2 is 1.95 bits per heavy atom. The van der Waals surface area contributed by atoms with Crippen LogP contribution < -0.4 is 5.32 Å². The molecule has 1 amide bonds. The molecule has 2 rings (SSSR count). The summed E-state index contributed by atoms with van der Waals surface area (Å²) in [6, 6.07) is 9.74. The van der Waals surface area contributed by atoms with Crippen molar-refractivity contribution in [3.05, 3.63) is 57.8 Å². The van der Waals surface area contributed by atoms with Gasteiger partial charge in [0.25, 0.3) is 0 Å². The van der Waals surface area contributed by atoms with Gasteiger partial charge in [0, 0.05) is 4.90 Å². The normalized spacial score (nSPS) is 10.5. The first-order valence-electron chi connectivity index (χ1n) is 6.11. The number of benzene rings is 2. The molecule has 2 nitrogen and oxygen atoms in total. The molecule has 0 saturated carbocycles. The van der Waals surface area contributed by atoms with E-state index in [4.69, 9.17) is 23.2 Å². The fourth-order valence-electron chi connectivity index (χ4n) is 1.65. The lowest BCUT2D eigenvalue weighted by Gasteiger charge is -2.11. The molecule has 0 saturated heterocycles. The van der Waals surface area contributed by atoms with E-state index in [-0.39, 0.29) is 17.5 Å². The van der Waals surface area contributed by atoms with Gasteiger partial charge in [-0.1, -0.05) is 41.4 Å². The molecule has 0 fully saturated rings. The molecule has 2 aromatic carbocycles. The Kier molecular flexibility index (Phi) is 5.51. The Bertz CT molecular complexity index is 679. The van der Waals surface area contributed by atoms with Gasteiger partial charge in [-0.25, -0.2) is 4.39 Å². The summed E-state index contributed by atoms with van der Waals surface area (Å²) < 4.78 is 13.5. The van der Waals surface area contributed by atoms with Gasteiger partial charge >= 0.3 is 0 Å². The first kappa shape index (κ1) is 16.1. The van der Waals surface area contributed by atoms with Gasteiger partial charge in [0.1, 0.15) is 5.82 Å². The number of aryl methyl sites for hydroxylation is 1. The van der Waals surface area contributed by atoms with Crippen molar-refractivity contribution in [3.63, 3.8) is 0 Å². The van der Waals surface area contributed by atoms with Crippen molar-refractivity contribution >= 4 is 46.6 Å². The van der Waals surface area contributed by atoms with E-state index < -0.39 is 0 Å². The third-order valence-electron chi connectivity index (χ3n) is 2.74. The number of carbonyl (C=O) groups is 1. The minimum Gasteiger partial charge on any atom is -0.323 e. The lowest BCUT2D eigenvalue weighted by Crippen LogP contribution is -2.15. The van der Waals surface area contributed by atoms with E-state index in [0.717, 1.165) is 17.3 Å². The third kappa shape index (κ3) is 4.13. The van der Waals surface area contributed by atoms with Crippen LogP contribution in [-0.4, -0.2) is 11.7 Å². The highest BCUT2D eigenvalue weighted by Gasteiger charge is 2.12. The molecule has 0 aliphatic carbocycles. The van der Waals surface area contributed by atoms with E-state index in [1.165, 1.54) is 6.07 Å². The molecule has 0 bridgehead atoms. The van der Waals surface area contributed by atoms with E-state index in [2.05, 4.69) is 5.32 Å². The molecule has 0 unspecified atom stereocenters. The van der Waals surface area contributed by atoms with Crippen LogP contribution in [0.1, 0.15) is 5.56 Å². The van der Waals surface area contributed by atoms with Crippen molar-refractivity contribution in [2.75, 3.05) is 11.1 Å². The fourth-order valence-corrected chi connectivity index (χ4v) is 2.86. The van der Waals surface area contributed by atoms with Gasteiger partial charge in [-0.2, -0.15) is 0 Å². The second-order valence-electron chi connectivity index (χ2n) is 4.32. The van der Waals surface area contributed by atoms with Crippen LogP contribution in [-0.2, 0) is 4.79 Å². The van der Waals surface area contributed by atoms with Crippen molar-refractivity contribution < 1.29 is 9.18 Å². The van der Waals surface area contributed by atoms with Gasteiger partial charge in [-0.05, 0) is 30.7 Å². The van der Waals surface area contributed by atoms with E-state index >= 15 is 0 Å². The predicted molar refractivity (Wildman–Crippen MR) is 87.0 cm³/mol. The topological polar surface area (TPSA) is 29.1 Å². The largest absolute Gasteiger partial charge is 0.323 e. The summed E-state index contributed by atoms with van der Waals surface area (Å²) in [7, 11) is 0.